The first kappa shape index (κ1) is 40.3. The fourth-order valence-corrected chi connectivity index (χ4v) is 11.8. The van der Waals surface area contributed by atoms with Crippen molar-refractivity contribution in [3.8, 4) is 0 Å². The van der Waals surface area contributed by atoms with Gasteiger partial charge in [0.05, 0.1) is 12.7 Å². The molecule has 0 saturated heterocycles. The molecule has 0 aliphatic heterocycles. The van der Waals surface area contributed by atoms with Crippen molar-refractivity contribution >= 4 is 58.2 Å². The second-order valence-corrected chi connectivity index (χ2v) is 17.2. The molecule has 0 aliphatic rings. The molecular formula is C48H41N6P2+. The average Bonchev–Trinajstić information content (AvgIpc) is 3.30. The summed E-state index contributed by atoms with van der Waals surface area (Å²) in [4.78, 5) is 2.88. The van der Waals surface area contributed by atoms with E-state index in [4.69, 9.17) is 21.1 Å². The lowest BCUT2D eigenvalue weighted by Crippen LogP contribution is -2.25. The largest absolute Gasteiger partial charge is 0.254 e. The van der Waals surface area contributed by atoms with Crippen LogP contribution in [0.3, 0.4) is 0 Å². The van der Waals surface area contributed by atoms with Gasteiger partial charge in [0.1, 0.15) is 5.53 Å². The average molecular weight is 764 g/mol. The van der Waals surface area contributed by atoms with E-state index in [0.717, 1.165) is 5.69 Å². The van der Waals surface area contributed by atoms with Crippen LogP contribution in [0.4, 0.5) is 11.4 Å². The van der Waals surface area contributed by atoms with Gasteiger partial charge in [-0.3, -0.25) is 4.74 Å². The van der Waals surface area contributed by atoms with Gasteiger partial charge in [-0.2, -0.15) is 0 Å². The molecule has 8 heteroatoms. The number of nitrogens with zero attached hydrogens (tertiary/aromatic N) is 5. The fraction of sp³-hybridized carbons (Fsp3) is 0. The first-order valence-corrected chi connectivity index (χ1v) is 21.0. The van der Waals surface area contributed by atoms with Crippen LogP contribution in [0.2, 0.25) is 0 Å². The van der Waals surface area contributed by atoms with Crippen molar-refractivity contribution < 1.29 is 0 Å². The number of hydrogen-bond donors (Lipinski definition) is 1. The third-order valence-corrected chi connectivity index (χ3v) is 14.5. The number of rotatable bonds is 8. The second kappa shape index (κ2) is 22.4. The van der Waals surface area contributed by atoms with Crippen molar-refractivity contribution in [3.05, 3.63) is 243 Å². The van der Waals surface area contributed by atoms with Crippen LogP contribution in [0.1, 0.15) is 0 Å². The van der Waals surface area contributed by atoms with Crippen LogP contribution in [0, 0.1) is 16.3 Å². The van der Waals surface area contributed by atoms with Gasteiger partial charge in [-0.25, -0.2) is 0 Å². The van der Waals surface area contributed by atoms with Gasteiger partial charge in [0, 0.05) is 26.7 Å². The zero-order chi connectivity index (χ0) is 39.1. The normalized spacial score (nSPS) is 10.1. The minimum atomic E-state index is -2.15. The minimum Gasteiger partial charge on any atom is -0.254 e. The Bertz CT molecular complexity index is 2220. The third-order valence-electron chi connectivity index (χ3n) is 8.38. The van der Waals surface area contributed by atoms with Crippen LogP contribution < -0.4 is 36.7 Å². The van der Waals surface area contributed by atoms with Gasteiger partial charge < -0.3 is 0 Å². The summed E-state index contributed by atoms with van der Waals surface area (Å²) in [5.74, 6) is 0. The summed E-state index contributed by atoms with van der Waals surface area (Å²) in [5.41, 5.74) is 8.13. The van der Waals surface area contributed by atoms with Crippen LogP contribution in [-0.2, 0) is 0 Å². The van der Waals surface area contributed by atoms with Crippen LogP contribution in [0.15, 0.2) is 253 Å². The highest BCUT2D eigenvalue weighted by atomic mass is 31.2. The Hall–Kier alpha value is -6.85. The Balaban J connectivity index is 0.000000174. The molecule has 0 radical (unpaired) electrons. The van der Waals surface area contributed by atoms with Crippen molar-refractivity contribution in [2.24, 2.45) is 9.86 Å². The highest BCUT2D eigenvalue weighted by Gasteiger charge is 2.27. The Morgan fingerprint density at radius 3 is 0.893 bits per heavy atom. The molecule has 6 nitrogen and oxygen atoms in total. The Kier molecular flexibility index (Phi) is 16.1. The fourth-order valence-electron chi connectivity index (χ4n) is 5.95. The van der Waals surface area contributed by atoms with Crippen LogP contribution in [0.25, 0.3) is 0 Å². The molecule has 0 spiro atoms. The van der Waals surface area contributed by atoms with Crippen molar-refractivity contribution in [3.63, 3.8) is 0 Å². The first-order valence-electron chi connectivity index (χ1n) is 17.9. The van der Waals surface area contributed by atoms with E-state index >= 15 is 0 Å². The van der Waals surface area contributed by atoms with E-state index in [1.54, 1.807) is 12.1 Å². The Labute approximate surface area is 330 Å². The van der Waals surface area contributed by atoms with Gasteiger partial charge >= 0.3 is 0 Å². The molecule has 0 bridgehead atoms. The van der Waals surface area contributed by atoms with Crippen molar-refractivity contribution in [1.82, 2.24) is 4.91 Å². The lowest BCUT2D eigenvalue weighted by Gasteiger charge is -2.27. The Morgan fingerprint density at radius 2 is 0.607 bits per heavy atom. The molecule has 272 valence electrons. The lowest BCUT2D eigenvalue weighted by atomic mass is 10.3. The van der Waals surface area contributed by atoms with Crippen LogP contribution in [-0.4, -0.2) is 0 Å². The van der Waals surface area contributed by atoms with Gasteiger partial charge in [0.15, 0.2) is 10.8 Å². The van der Waals surface area contributed by atoms with Gasteiger partial charge in [-0.1, -0.05) is 218 Å². The smallest absolute Gasteiger partial charge is 0.220 e. The SMILES string of the molecule is N#N.N=[N+]=Nc1ccccc1.c1ccc(N=P(c2ccccc2)(c2ccccc2)c2ccccc2)cc1.c1ccc(P(c2ccccc2)c2ccccc2)cc1. The zero-order valence-electron chi connectivity index (χ0n) is 30.7. The molecule has 8 aromatic carbocycles. The minimum absolute atomic E-state index is 0.446. The van der Waals surface area contributed by atoms with E-state index < -0.39 is 15.0 Å². The summed E-state index contributed by atoms with van der Waals surface area (Å²) in [7, 11) is -2.60. The molecule has 56 heavy (non-hydrogen) atoms. The highest BCUT2D eigenvalue weighted by Crippen LogP contribution is 2.49. The van der Waals surface area contributed by atoms with E-state index in [9.17, 15) is 0 Å². The monoisotopic (exact) mass is 763 g/mol. The topological polar surface area (TPSA) is 110 Å². The first-order chi connectivity index (χ1) is 27.8. The number of nitrogens with one attached hydrogen (secondary N) is 1. The summed E-state index contributed by atoms with van der Waals surface area (Å²) in [6.45, 7) is 0. The molecular weight excluding hydrogens is 723 g/mol. The van der Waals surface area contributed by atoms with Crippen LogP contribution >= 0.6 is 15.0 Å². The van der Waals surface area contributed by atoms with E-state index in [1.165, 1.54) is 31.8 Å². The van der Waals surface area contributed by atoms with Crippen LogP contribution in [0.5, 0.6) is 0 Å². The lowest BCUT2D eigenvalue weighted by molar-refractivity contribution is 0.992. The molecule has 0 atom stereocenters. The Morgan fingerprint density at radius 1 is 0.357 bits per heavy atom. The number of hydrogen-bond acceptors (Lipinski definition) is 5. The predicted octanol–water partition coefficient (Wildman–Crippen LogP) is 10.8. The second-order valence-electron chi connectivity index (χ2n) is 12.0. The van der Waals surface area contributed by atoms with E-state index in [2.05, 4.69) is 216 Å². The third kappa shape index (κ3) is 11.1. The summed E-state index contributed by atoms with van der Waals surface area (Å²) in [5, 5.41) is 23.5. The molecule has 0 aromatic heterocycles. The maximum atomic E-state index is 6.40. The van der Waals surface area contributed by atoms with Crippen molar-refractivity contribution in [2.75, 3.05) is 0 Å². The molecule has 8 aromatic rings. The maximum Gasteiger partial charge on any atom is 0.220 e. The van der Waals surface area contributed by atoms with E-state index in [1.807, 2.05) is 24.3 Å². The van der Waals surface area contributed by atoms with Gasteiger partial charge in [-0.15, -0.1) is 0 Å². The van der Waals surface area contributed by atoms with Crippen molar-refractivity contribution in [1.29, 1.82) is 16.3 Å². The van der Waals surface area contributed by atoms with E-state index in [-0.39, 0.29) is 0 Å². The molecule has 0 amide bonds. The summed E-state index contributed by atoms with van der Waals surface area (Å²) in [6, 6.07) is 83.9. The quantitative estimate of drug-likeness (QED) is 0.0719. The molecule has 0 aliphatic carbocycles. The molecule has 0 unspecified atom stereocenters. The summed E-state index contributed by atoms with van der Waals surface area (Å²) < 4.78 is 5.41. The summed E-state index contributed by atoms with van der Waals surface area (Å²) in [6.07, 6.45) is 0. The highest BCUT2D eigenvalue weighted by molar-refractivity contribution is 7.87. The number of benzene rings is 8. The predicted molar refractivity (Wildman–Crippen MR) is 236 cm³/mol. The van der Waals surface area contributed by atoms with Gasteiger partial charge in [-0.05, 0) is 48.1 Å². The standard InChI is InChI=1S/C24H20NP.C18H15P.C6H6N3.N2/c1-5-13-21(14-6-1)25-26(22-15-7-2-8-16-22,23-17-9-3-10-18-23)24-19-11-4-12-20-24;1-4-10-16(11-5-1)19(17-12-6-2-7-13-17)18-14-8-3-9-15-18;7-9-8-6-4-2-1-3-5-6;1-2/h1-20H;1-15H;1-5,7H;/q;;+1;. The molecule has 0 saturated carbocycles. The van der Waals surface area contributed by atoms with Gasteiger partial charge in [0.25, 0.3) is 0 Å². The summed E-state index contributed by atoms with van der Waals surface area (Å²) >= 11 is 0. The molecule has 0 fully saturated rings. The molecule has 1 N–H and O–H groups in total. The van der Waals surface area contributed by atoms with Gasteiger partial charge in [0.2, 0.25) is 4.91 Å². The zero-order valence-corrected chi connectivity index (χ0v) is 32.5. The molecule has 0 heterocycles. The van der Waals surface area contributed by atoms with E-state index in [0.29, 0.717) is 5.69 Å². The van der Waals surface area contributed by atoms with Crippen molar-refractivity contribution in [2.45, 2.75) is 0 Å². The maximum absolute atomic E-state index is 6.40. The molecule has 8 rings (SSSR count).